The van der Waals surface area contributed by atoms with E-state index in [2.05, 4.69) is 16.0 Å². The van der Waals surface area contributed by atoms with Crippen molar-refractivity contribution >= 4 is 5.91 Å². The van der Waals surface area contributed by atoms with Crippen LogP contribution in [0.15, 0.2) is 0 Å². The van der Waals surface area contributed by atoms with Crippen LogP contribution in [-0.4, -0.2) is 38.1 Å². The van der Waals surface area contributed by atoms with Gasteiger partial charge in [0.25, 0.3) is 0 Å². The van der Waals surface area contributed by atoms with E-state index in [0.29, 0.717) is 6.04 Å². The van der Waals surface area contributed by atoms with Gasteiger partial charge in [0.1, 0.15) is 0 Å². The minimum absolute atomic E-state index is 0.252. The lowest BCUT2D eigenvalue weighted by Gasteiger charge is -2.30. The fraction of sp³-hybridized carbons (Fsp3) is 0.889. The van der Waals surface area contributed by atoms with Crippen molar-refractivity contribution in [3.05, 3.63) is 0 Å². The number of hydrogen-bond acceptors (Lipinski definition) is 3. The molecule has 0 aromatic carbocycles. The van der Waals surface area contributed by atoms with Crippen LogP contribution in [-0.2, 0) is 4.79 Å². The second-order valence-electron chi connectivity index (χ2n) is 3.89. The second kappa shape index (κ2) is 4.07. The van der Waals surface area contributed by atoms with Crippen molar-refractivity contribution in [1.29, 1.82) is 0 Å². The molecule has 2 heterocycles. The van der Waals surface area contributed by atoms with Gasteiger partial charge in [0.05, 0.1) is 6.04 Å². The molecule has 0 bridgehead atoms. The maximum Gasteiger partial charge on any atom is 0.223 e. The van der Waals surface area contributed by atoms with E-state index in [1.54, 1.807) is 0 Å². The first-order valence-corrected chi connectivity index (χ1v) is 5.08. The Labute approximate surface area is 78.5 Å². The molecule has 2 fully saturated rings. The molecule has 0 aromatic rings. The third kappa shape index (κ3) is 2.19. The molecule has 0 unspecified atom stereocenters. The fourth-order valence-electron chi connectivity index (χ4n) is 1.79. The number of hydrogen-bond donors (Lipinski definition) is 3. The Balaban J connectivity index is 1.74. The standard InChI is InChI=1S/C9H17N3O/c13-9(12-8-5-11-6-8)7-1-3-10-4-2-7/h7-8,10-11H,1-6H2,(H,12,13). The molecule has 2 aliphatic heterocycles. The lowest BCUT2D eigenvalue weighted by atomic mass is 9.96. The quantitative estimate of drug-likeness (QED) is 0.518. The lowest BCUT2D eigenvalue weighted by molar-refractivity contribution is -0.126. The van der Waals surface area contributed by atoms with Gasteiger partial charge < -0.3 is 16.0 Å². The smallest absolute Gasteiger partial charge is 0.223 e. The number of carbonyl (C=O) groups is 1. The van der Waals surface area contributed by atoms with E-state index in [0.717, 1.165) is 39.0 Å². The molecule has 3 N–H and O–H groups in total. The van der Waals surface area contributed by atoms with Crippen LogP contribution in [0.4, 0.5) is 0 Å². The summed E-state index contributed by atoms with van der Waals surface area (Å²) in [5.74, 6) is 0.509. The van der Waals surface area contributed by atoms with Crippen molar-refractivity contribution in [1.82, 2.24) is 16.0 Å². The fourth-order valence-corrected chi connectivity index (χ4v) is 1.79. The van der Waals surface area contributed by atoms with Gasteiger partial charge >= 0.3 is 0 Å². The predicted octanol–water partition coefficient (Wildman–Crippen LogP) is -0.926. The van der Waals surface area contributed by atoms with E-state index in [1.807, 2.05) is 0 Å². The van der Waals surface area contributed by atoms with Gasteiger partial charge in [0.15, 0.2) is 0 Å². The summed E-state index contributed by atoms with van der Waals surface area (Å²) in [6, 6.07) is 0.391. The Morgan fingerprint density at radius 1 is 1.15 bits per heavy atom. The third-order valence-corrected chi connectivity index (χ3v) is 2.84. The van der Waals surface area contributed by atoms with Crippen molar-refractivity contribution < 1.29 is 4.79 Å². The lowest BCUT2D eigenvalue weighted by Crippen LogP contribution is -2.58. The summed E-state index contributed by atoms with van der Waals surface area (Å²) < 4.78 is 0. The molecular formula is C9H17N3O. The second-order valence-corrected chi connectivity index (χ2v) is 3.89. The van der Waals surface area contributed by atoms with Gasteiger partial charge in [-0.15, -0.1) is 0 Å². The molecule has 2 rings (SSSR count). The van der Waals surface area contributed by atoms with Crippen LogP contribution in [0.2, 0.25) is 0 Å². The minimum atomic E-state index is 0.252. The van der Waals surface area contributed by atoms with E-state index in [-0.39, 0.29) is 11.8 Å². The van der Waals surface area contributed by atoms with Crippen LogP contribution in [0.1, 0.15) is 12.8 Å². The molecule has 0 saturated carbocycles. The topological polar surface area (TPSA) is 53.2 Å². The number of piperidine rings is 1. The molecule has 0 radical (unpaired) electrons. The zero-order chi connectivity index (χ0) is 9.10. The molecule has 74 valence electrons. The first-order valence-electron chi connectivity index (χ1n) is 5.08. The summed E-state index contributed by atoms with van der Waals surface area (Å²) in [7, 11) is 0. The highest BCUT2D eigenvalue weighted by Crippen LogP contribution is 2.11. The highest BCUT2D eigenvalue weighted by molar-refractivity contribution is 5.79. The van der Waals surface area contributed by atoms with Gasteiger partial charge in [-0.1, -0.05) is 0 Å². The maximum atomic E-state index is 11.6. The summed E-state index contributed by atoms with van der Waals surface area (Å²) in [4.78, 5) is 11.6. The summed E-state index contributed by atoms with van der Waals surface area (Å²) in [5.41, 5.74) is 0. The molecule has 13 heavy (non-hydrogen) atoms. The molecule has 1 amide bonds. The zero-order valence-corrected chi connectivity index (χ0v) is 7.81. The first kappa shape index (κ1) is 8.97. The number of nitrogens with one attached hydrogen (secondary N) is 3. The SMILES string of the molecule is O=C(NC1CNC1)C1CCNCC1. The van der Waals surface area contributed by atoms with Gasteiger partial charge in [-0.3, -0.25) is 4.79 Å². The van der Waals surface area contributed by atoms with E-state index in [1.165, 1.54) is 0 Å². The van der Waals surface area contributed by atoms with Crippen molar-refractivity contribution in [2.45, 2.75) is 18.9 Å². The minimum Gasteiger partial charge on any atom is -0.351 e. The molecule has 0 aromatic heterocycles. The van der Waals surface area contributed by atoms with Gasteiger partial charge in [-0.2, -0.15) is 0 Å². The molecule has 2 saturated heterocycles. The molecule has 0 spiro atoms. The van der Waals surface area contributed by atoms with Gasteiger partial charge in [-0.25, -0.2) is 0 Å². The van der Waals surface area contributed by atoms with Crippen molar-refractivity contribution in [3.63, 3.8) is 0 Å². The highest BCUT2D eigenvalue weighted by atomic mass is 16.2. The normalized spacial score (nSPS) is 25.2. The van der Waals surface area contributed by atoms with Gasteiger partial charge in [0.2, 0.25) is 5.91 Å². The molecule has 4 nitrogen and oxygen atoms in total. The molecule has 0 aliphatic carbocycles. The highest BCUT2D eigenvalue weighted by Gasteiger charge is 2.25. The zero-order valence-electron chi connectivity index (χ0n) is 7.81. The third-order valence-electron chi connectivity index (χ3n) is 2.84. The van der Waals surface area contributed by atoms with Crippen LogP contribution >= 0.6 is 0 Å². The molecule has 0 atom stereocenters. The van der Waals surface area contributed by atoms with Crippen LogP contribution < -0.4 is 16.0 Å². The van der Waals surface area contributed by atoms with Crippen LogP contribution in [0, 0.1) is 5.92 Å². The average molecular weight is 183 g/mol. The van der Waals surface area contributed by atoms with Crippen molar-refractivity contribution in [2.24, 2.45) is 5.92 Å². The van der Waals surface area contributed by atoms with Crippen LogP contribution in [0.5, 0.6) is 0 Å². The van der Waals surface area contributed by atoms with Crippen molar-refractivity contribution in [3.8, 4) is 0 Å². The Morgan fingerprint density at radius 2 is 1.85 bits per heavy atom. The van der Waals surface area contributed by atoms with E-state index < -0.39 is 0 Å². The Morgan fingerprint density at radius 3 is 2.38 bits per heavy atom. The van der Waals surface area contributed by atoms with E-state index >= 15 is 0 Å². The Kier molecular flexibility index (Phi) is 2.80. The van der Waals surface area contributed by atoms with Crippen LogP contribution in [0.3, 0.4) is 0 Å². The van der Waals surface area contributed by atoms with Gasteiger partial charge in [0, 0.05) is 19.0 Å². The summed E-state index contributed by atoms with van der Waals surface area (Å²) in [5, 5.41) is 9.46. The monoisotopic (exact) mass is 183 g/mol. The number of carbonyl (C=O) groups excluding carboxylic acids is 1. The Hall–Kier alpha value is -0.610. The predicted molar refractivity (Wildman–Crippen MR) is 50.4 cm³/mol. The summed E-state index contributed by atoms with van der Waals surface area (Å²) in [6.45, 7) is 3.86. The summed E-state index contributed by atoms with van der Waals surface area (Å²) >= 11 is 0. The van der Waals surface area contributed by atoms with Crippen LogP contribution in [0.25, 0.3) is 0 Å². The average Bonchev–Trinajstić information content (AvgIpc) is 2.12. The van der Waals surface area contributed by atoms with E-state index in [9.17, 15) is 4.79 Å². The maximum absolute atomic E-state index is 11.6. The molecular weight excluding hydrogens is 166 g/mol. The summed E-state index contributed by atoms with van der Waals surface area (Å²) in [6.07, 6.45) is 1.98. The number of rotatable bonds is 2. The molecule has 2 aliphatic rings. The largest absolute Gasteiger partial charge is 0.351 e. The van der Waals surface area contributed by atoms with E-state index in [4.69, 9.17) is 0 Å². The van der Waals surface area contributed by atoms with Gasteiger partial charge in [-0.05, 0) is 25.9 Å². The number of amides is 1. The Bertz CT molecular complexity index is 185. The first-order chi connectivity index (χ1) is 6.36. The molecule has 4 heteroatoms. The van der Waals surface area contributed by atoms with Crippen molar-refractivity contribution in [2.75, 3.05) is 26.2 Å².